The van der Waals surface area contributed by atoms with Crippen LogP contribution in [0.3, 0.4) is 0 Å². The number of carbonyl (C=O) groups is 1. The third-order valence-corrected chi connectivity index (χ3v) is 6.71. The van der Waals surface area contributed by atoms with Crippen LogP contribution < -0.4 is 5.32 Å². The molecular weight excluding hydrogens is 412 g/mol. The lowest BCUT2D eigenvalue weighted by molar-refractivity contribution is 0.0942. The molecule has 4 aromatic rings. The third kappa shape index (κ3) is 3.73. The third-order valence-electron chi connectivity index (χ3n) is 4.29. The fraction of sp³-hybridized carbons (Fsp3) is 0.150. The Labute approximate surface area is 175 Å². The number of halogens is 1. The van der Waals surface area contributed by atoms with E-state index in [1.807, 2.05) is 54.8 Å². The molecule has 3 heterocycles. The molecule has 0 aliphatic rings. The highest BCUT2D eigenvalue weighted by molar-refractivity contribution is 7.15. The average molecular weight is 429 g/mol. The number of nitrogens with one attached hydrogen (secondary N) is 1. The minimum absolute atomic E-state index is 0.162. The molecule has 0 aliphatic heterocycles. The van der Waals surface area contributed by atoms with Crippen LogP contribution in [0.15, 0.2) is 47.8 Å². The topological polar surface area (TPSA) is 59.8 Å². The highest BCUT2D eigenvalue weighted by Crippen LogP contribution is 2.32. The molecule has 0 atom stereocenters. The molecule has 3 aromatic heterocycles. The number of amides is 1. The van der Waals surface area contributed by atoms with Gasteiger partial charge in [-0.15, -0.1) is 22.7 Å². The van der Waals surface area contributed by atoms with Gasteiger partial charge in [0.25, 0.3) is 5.91 Å². The lowest BCUT2D eigenvalue weighted by atomic mass is 10.2. The van der Waals surface area contributed by atoms with E-state index in [0.717, 1.165) is 31.7 Å². The van der Waals surface area contributed by atoms with Crippen LogP contribution >= 0.6 is 34.3 Å². The molecule has 0 aliphatic carbocycles. The van der Waals surface area contributed by atoms with Crippen LogP contribution in [-0.2, 0) is 13.6 Å². The van der Waals surface area contributed by atoms with Crippen molar-refractivity contribution in [3.8, 4) is 21.1 Å². The van der Waals surface area contributed by atoms with Crippen LogP contribution in [0.25, 0.3) is 21.1 Å². The molecular formula is C20H17ClN4OS2. The summed E-state index contributed by atoms with van der Waals surface area (Å²) in [6.07, 6.45) is 0. The van der Waals surface area contributed by atoms with Gasteiger partial charge in [0.1, 0.15) is 16.4 Å². The van der Waals surface area contributed by atoms with Crippen molar-refractivity contribution >= 4 is 40.2 Å². The van der Waals surface area contributed by atoms with Crippen LogP contribution in [0.4, 0.5) is 0 Å². The number of aromatic nitrogens is 3. The van der Waals surface area contributed by atoms with Crippen LogP contribution in [0.1, 0.15) is 21.1 Å². The van der Waals surface area contributed by atoms with E-state index in [0.29, 0.717) is 17.3 Å². The zero-order valence-corrected chi connectivity index (χ0v) is 17.7. The maximum absolute atomic E-state index is 12.7. The molecule has 0 fully saturated rings. The zero-order valence-electron chi connectivity index (χ0n) is 15.3. The lowest BCUT2D eigenvalue weighted by Gasteiger charge is -2.04. The SMILES string of the molecule is Cc1nc(-c2ccccc2Cl)sc1CNC(=O)c1cc(-c2cccs2)nn1C. The number of thiophene rings is 1. The first-order chi connectivity index (χ1) is 13.5. The van der Waals surface area contributed by atoms with Gasteiger partial charge in [0, 0.05) is 17.5 Å². The van der Waals surface area contributed by atoms with Gasteiger partial charge in [-0.3, -0.25) is 9.48 Å². The Morgan fingerprint density at radius 1 is 1.25 bits per heavy atom. The van der Waals surface area contributed by atoms with Gasteiger partial charge in [0.2, 0.25) is 0 Å². The summed E-state index contributed by atoms with van der Waals surface area (Å²) in [6.45, 7) is 2.35. The summed E-state index contributed by atoms with van der Waals surface area (Å²) in [5.41, 5.74) is 3.13. The molecule has 0 unspecified atom stereocenters. The molecule has 1 aromatic carbocycles. The van der Waals surface area contributed by atoms with Gasteiger partial charge < -0.3 is 5.32 Å². The molecule has 5 nitrogen and oxygen atoms in total. The Balaban J connectivity index is 1.49. The molecule has 1 amide bonds. The Bertz CT molecular complexity index is 1130. The maximum Gasteiger partial charge on any atom is 0.269 e. The normalized spacial score (nSPS) is 11.0. The van der Waals surface area contributed by atoms with E-state index >= 15 is 0 Å². The number of nitrogens with zero attached hydrogens (tertiary/aromatic N) is 3. The molecule has 4 rings (SSSR count). The zero-order chi connectivity index (χ0) is 19.7. The van der Waals surface area contributed by atoms with Crippen molar-refractivity contribution in [1.82, 2.24) is 20.1 Å². The molecule has 0 saturated carbocycles. The van der Waals surface area contributed by atoms with Gasteiger partial charge >= 0.3 is 0 Å². The predicted molar refractivity (Wildman–Crippen MR) is 115 cm³/mol. The Morgan fingerprint density at radius 2 is 2.07 bits per heavy atom. The van der Waals surface area contributed by atoms with E-state index in [1.54, 1.807) is 34.4 Å². The monoisotopic (exact) mass is 428 g/mol. The first-order valence-corrected chi connectivity index (χ1v) is 10.7. The second-order valence-electron chi connectivity index (χ2n) is 6.21. The van der Waals surface area contributed by atoms with Gasteiger partial charge in [-0.2, -0.15) is 5.10 Å². The average Bonchev–Trinajstić information content (AvgIpc) is 3.40. The second kappa shape index (κ2) is 7.87. The fourth-order valence-corrected chi connectivity index (χ4v) is 4.82. The Morgan fingerprint density at radius 3 is 2.82 bits per heavy atom. The van der Waals surface area contributed by atoms with Crippen LogP contribution in [0, 0.1) is 6.92 Å². The standard InChI is InChI=1S/C20H17ClN4OS2/c1-12-18(28-20(23-12)13-6-3-4-7-14(13)21)11-22-19(26)16-10-15(24-25(16)2)17-8-5-9-27-17/h3-10H,11H2,1-2H3,(H,22,26). The van der Waals surface area contributed by atoms with E-state index in [2.05, 4.69) is 15.4 Å². The summed E-state index contributed by atoms with van der Waals surface area (Å²) >= 11 is 9.42. The first kappa shape index (κ1) is 18.9. The van der Waals surface area contributed by atoms with Crippen molar-refractivity contribution in [2.75, 3.05) is 0 Å². The van der Waals surface area contributed by atoms with E-state index in [1.165, 1.54) is 0 Å². The van der Waals surface area contributed by atoms with E-state index < -0.39 is 0 Å². The minimum Gasteiger partial charge on any atom is -0.346 e. The Kier molecular flexibility index (Phi) is 5.30. The largest absolute Gasteiger partial charge is 0.346 e. The number of thiazole rings is 1. The first-order valence-electron chi connectivity index (χ1n) is 8.60. The number of aryl methyl sites for hydroxylation is 2. The van der Waals surface area contributed by atoms with Crippen molar-refractivity contribution in [1.29, 1.82) is 0 Å². The summed E-state index contributed by atoms with van der Waals surface area (Å²) in [4.78, 5) is 19.3. The maximum atomic E-state index is 12.7. The van der Waals surface area contributed by atoms with E-state index in [-0.39, 0.29) is 5.91 Å². The summed E-state index contributed by atoms with van der Waals surface area (Å²) in [5, 5.41) is 10.9. The van der Waals surface area contributed by atoms with Crippen molar-refractivity contribution in [2.24, 2.45) is 7.05 Å². The molecule has 0 saturated heterocycles. The summed E-state index contributed by atoms with van der Waals surface area (Å²) in [7, 11) is 1.78. The number of hydrogen-bond acceptors (Lipinski definition) is 5. The number of carbonyl (C=O) groups excluding carboxylic acids is 1. The number of rotatable bonds is 5. The van der Waals surface area contributed by atoms with Crippen molar-refractivity contribution < 1.29 is 4.79 Å². The van der Waals surface area contributed by atoms with E-state index in [9.17, 15) is 4.79 Å². The van der Waals surface area contributed by atoms with E-state index in [4.69, 9.17) is 11.6 Å². The quantitative estimate of drug-likeness (QED) is 0.477. The Hall–Kier alpha value is -2.48. The fourth-order valence-electron chi connectivity index (χ4n) is 2.82. The molecule has 1 N–H and O–H groups in total. The van der Waals surface area contributed by atoms with Gasteiger partial charge in [-0.1, -0.05) is 35.9 Å². The molecule has 8 heteroatoms. The van der Waals surface area contributed by atoms with Gasteiger partial charge in [-0.05, 0) is 30.5 Å². The van der Waals surface area contributed by atoms with Crippen molar-refractivity contribution in [2.45, 2.75) is 13.5 Å². The highest BCUT2D eigenvalue weighted by Gasteiger charge is 2.17. The number of hydrogen-bond donors (Lipinski definition) is 1. The van der Waals surface area contributed by atoms with Crippen molar-refractivity contribution in [3.63, 3.8) is 0 Å². The summed E-state index contributed by atoms with van der Waals surface area (Å²) < 4.78 is 1.61. The molecule has 0 radical (unpaired) electrons. The van der Waals surface area contributed by atoms with Crippen LogP contribution in [0.2, 0.25) is 5.02 Å². The molecule has 28 heavy (non-hydrogen) atoms. The van der Waals surface area contributed by atoms with Gasteiger partial charge in [0.15, 0.2) is 0 Å². The van der Waals surface area contributed by atoms with Gasteiger partial charge in [0.05, 0.1) is 22.1 Å². The summed E-state index contributed by atoms with van der Waals surface area (Å²) in [5.74, 6) is -0.162. The van der Waals surface area contributed by atoms with Crippen LogP contribution in [-0.4, -0.2) is 20.7 Å². The smallest absolute Gasteiger partial charge is 0.269 e. The molecule has 0 spiro atoms. The van der Waals surface area contributed by atoms with Crippen LogP contribution in [0.5, 0.6) is 0 Å². The second-order valence-corrected chi connectivity index (χ2v) is 8.64. The lowest BCUT2D eigenvalue weighted by Crippen LogP contribution is -2.25. The van der Waals surface area contributed by atoms with Gasteiger partial charge in [-0.25, -0.2) is 4.98 Å². The number of benzene rings is 1. The predicted octanol–water partition coefficient (Wildman–Crippen LogP) is 5.16. The molecule has 142 valence electrons. The summed E-state index contributed by atoms with van der Waals surface area (Å²) in [6, 6.07) is 13.4. The highest BCUT2D eigenvalue weighted by atomic mass is 35.5. The molecule has 0 bridgehead atoms. The van der Waals surface area contributed by atoms with Crippen molar-refractivity contribution in [3.05, 3.63) is 69.1 Å². The minimum atomic E-state index is -0.162.